The van der Waals surface area contributed by atoms with E-state index in [1.807, 2.05) is 32.9 Å². The van der Waals surface area contributed by atoms with E-state index >= 15 is 0 Å². The van der Waals surface area contributed by atoms with Crippen molar-refractivity contribution < 1.29 is 41.3 Å². The van der Waals surface area contributed by atoms with E-state index in [2.05, 4.69) is 92.4 Å². The van der Waals surface area contributed by atoms with Gasteiger partial charge in [0.05, 0.1) is 59.4 Å². The van der Waals surface area contributed by atoms with E-state index in [-0.39, 0.29) is 95.0 Å². The van der Waals surface area contributed by atoms with Crippen LogP contribution in [0.3, 0.4) is 0 Å². The number of Topliss-reactive ketones (excluding diaryl/α,β-unsaturated/α-hetero) is 1. The van der Waals surface area contributed by atoms with Gasteiger partial charge in [-0.05, 0) is 173 Å². The Morgan fingerprint density at radius 2 is 0.891 bits per heavy atom. The fourth-order valence-electron chi connectivity index (χ4n) is 21.3. The predicted octanol–water partition coefficient (Wildman–Crippen LogP) is 13.4. The average Bonchev–Trinajstić information content (AvgIpc) is 1.57. The summed E-state index contributed by atoms with van der Waals surface area (Å²) in [5, 5.41) is 20.1. The average molecular weight is 1850 g/mol. The zero-order valence-electron chi connectivity index (χ0n) is 76.9. The lowest BCUT2D eigenvalue weighted by Gasteiger charge is -2.36. The van der Waals surface area contributed by atoms with Crippen molar-refractivity contribution in [2.24, 2.45) is 57.0 Å². The lowest BCUT2D eigenvalue weighted by atomic mass is 10.0. The molecular formula is C100H104F4N28O5. The first-order valence-corrected chi connectivity index (χ1v) is 46.7. The molecule has 1 spiro atoms. The third kappa shape index (κ3) is 16.6. The van der Waals surface area contributed by atoms with Crippen molar-refractivity contribution in [3.05, 3.63) is 208 Å². The summed E-state index contributed by atoms with van der Waals surface area (Å²) in [6.07, 6.45) is 15.4. The smallest absolute Gasteiger partial charge is 0.324 e. The molecule has 6 atom stereocenters. The number of ether oxygens (including phenoxy) is 4. The molecule has 8 fully saturated rings. The number of anilines is 9. The number of piperazine rings is 1. The number of hydrogen-bond acceptors (Lipinski definition) is 33. The van der Waals surface area contributed by atoms with Crippen molar-refractivity contribution in [2.75, 3.05) is 152 Å². The number of rotatable bonds is 19. The summed E-state index contributed by atoms with van der Waals surface area (Å²) in [7, 11) is 7.19. The van der Waals surface area contributed by atoms with E-state index in [0.717, 1.165) is 238 Å². The molecule has 13 aliphatic rings. The number of ketones is 1. The SMILES string of the molecule is C=C(C)N1CCN(c2ccc(Oc3nc4c(c(N5CC[C@H](N)C5)n3)-c3cc(F)cc(NC)c3C4)cn2)CC1.CNc1cc(F)cc2c1Cc1nc(Oc3ccc4c(c3)C(=O)CC=N4)nc(N3CC4C(N)C4C3)c1-2.CNc1cc(F)cc2c1Cc1nc(Oc3ccnnc3)nc(N3C[C@H](N)C4(CC4)C3)c1-2.CNc1cc(F)cc2c1Cc1nc(Oc3cnc(C(C)C)nc3)nc(N3CC4C(N)C4C3)c1-2. The zero-order chi connectivity index (χ0) is 94.2. The van der Waals surface area contributed by atoms with Gasteiger partial charge in [0.1, 0.15) is 69.7 Å². The van der Waals surface area contributed by atoms with Crippen molar-refractivity contribution in [2.45, 2.75) is 102 Å². The van der Waals surface area contributed by atoms with Gasteiger partial charge in [-0.2, -0.15) is 50.1 Å². The Morgan fingerprint density at radius 1 is 0.460 bits per heavy atom. The van der Waals surface area contributed by atoms with Gasteiger partial charge < -0.3 is 92.5 Å². The van der Waals surface area contributed by atoms with E-state index in [4.69, 9.17) is 76.8 Å². The molecule has 0 amide bonds. The summed E-state index contributed by atoms with van der Waals surface area (Å²) in [4.78, 5) is 81.5. The Bertz CT molecular complexity index is 6850. The summed E-state index contributed by atoms with van der Waals surface area (Å²) in [6.45, 7) is 20.1. The first-order valence-electron chi connectivity index (χ1n) is 46.7. The van der Waals surface area contributed by atoms with E-state index in [1.54, 1.807) is 108 Å². The minimum atomic E-state index is -0.306. The highest BCUT2D eigenvalue weighted by atomic mass is 19.1. The molecule has 33 nitrogen and oxygen atoms in total. The molecule has 5 saturated heterocycles. The summed E-state index contributed by atoms with van der Waals surface area (Å²) in [6, 6.07) is 24.8. The van der Waals surface area contributed by atoms with Crippen LogP contribution in [0.5, 0.6) is 47.0 Å². The minimum absolute atomic E-state index is 0.000660. The Balaban J connectivity index is 0.000000106. The molecule has 12 N–H and O–H groups in total. The van der Waals surface area contributed by atoms with Crippen molar-refractivity contribution in [1.29, 1.82) is 0 Å². The van der Waals surface area contributed by atoms with Crippen LogP contribution >= 0.6 is 0 Å². The summed E-state index contributed by atoms with van der Waals surface area (Å²) < 4.78 is 82.0. The predicted molar refractivity (Wildman–Crippen MR) is 515 cm³/mol. The molecule has 12 aromatic rings. The molecule has 7 aliphatic carbocycles. The van der Waals surface area contributed by atoms with Gasteiger partial charge in [-0.25, -0.2) is 32.5 Å². The number of nitrogens with two attached hydrogens (primary N) is 4. The van der Waals surface area contributed by atoms with Crippen LogP contribution in [0.2, 0.25) is 0 Å². The minimum Gasteiger partial charge on any atom is -0.424 e. The number of piperidine rings is 2. The third-order valence-corrected chi connectivity index (χ3v) is 28.9. The van der Waals surface area contributed by atoms with Crippen molar-refractivity contribution in [3.63, 3.8) is 0 Å². The quantitative estimate of drug-likeness (QED) is 0.0349. The molecule has 5 aromatic carbocycles. The molecule has 37 heteroatoms. The maximum absolute atomic E-state index is 14.5. The second kappa shape index (κ2) is 35.0. The number of halogens is 4. The van der Waals surface area contributed by atoms with Gasteiger partial charge in [0.25, 0.3) is 0 Å². The Morgan fingerprint density at radius 3 is 1.29 bits per heavy atom. The van der Waals surface area contributed by atoms with Crippen LogP contribution in [-0.2, 0) is 25.7 Å². The van der Waals surface area contributed by atoms with Crippen molar-refractivity contribution >= 4 is 69.5 Å². The van der Waals surface area contributed by atoms with Crippen LogP contribution in [-0.4, -0.2) is 213 Å². The summed E-state index contributed by atoms with van der Waals surface area (Å²) >= 11 is 0. The lowest BCUT2D eigenvalue weighted by Crippen LogP contribution is -2.45. The maximum atomic E-state index is 14.5. The van der Waals surface area contributed by atoms with Gasteiger partial charge in [0.2, 0.25) is 0 Å². The summed E-state index contributed by atoms with van der Waals surface area (Å²) in [5.41, 5.74) is 44.6. The van der Waals surface area contributed by atoms with Gasteiger partial charge in [0, 0.05) is 243 Å². The van der Waals surface area contributed by atoms with Crippen LogP contribution in [0, 0.1) is 52.4 Å². The highest BCUT2D eigenvalue weighted by Crippen LogP contribution is 2.57. The Kier molecular flexibility index (Phi) is 22.5. The topological polar surface area (TPSA) is 406 Å². The monoisotopic (exact) mass is 1850 g/mol. The van der Waals surface area contributed by atoms with Crippen LogP contribution in [0.15, 0.2) is 133 Å². The van der Waals surface area contributed by atoms with E-state index < -0.39 is 0 Å². The number of nitrogens with zero attached hydrogens (tertiary/aromatic N) is 20. The van der Waals surface area contributed by atoms with Crippen LogP contribution < -0.4 is 87.6 Å². The van der Waals surface area contributed by atoms with Crippen molar-refractivity contribution in [3.8, 4) is 91.5 Å². The van der Waals surface area contributed by atoms with Gasteiger partial charge in [0.15, 0.2) is 17.3 Å². The molecule has 137 heavy (non-hydrogen) atoms. The largest absolute Gasteiger partial charge is 0.424 e. The van der Waals surface area contributed by atoms with E-state index in [1.165, 1.54) is 30.5 Å². The molecule has 0 bridgehead atoms. The molecule has 3 saturated carbocycles. The van der Waals surface area contributed by atoms with Crippen LogP contribution in [0.25, 0.3) is 44.5 Å². The number of carbonyl (C=O) groups is 1. The van der Waals surface area contributed by atoms with Crippen LogP contribution in [0.1, 0.15) is 114 Å². The van der Waals surface area contributed by atoms with Gasteiger partial charge in [-0.1, -0.05) is 20.4 Å². The number of aromatic nitrogens is 13. The van der Waals surface area contributed by atoms with E-state index in [0.29, 0.717) is 96.7 Å². The number of carbonyl (C=O) groups excluding carboxylic acids is 1. The lowest BCUT2D eigenvalue weighted by molar-refractivity contribution is 0.100. The highest BCUT2D eigenvalue weighted by molar-refractivity contribution is 6.10. The molecule has 6 aliphatic heterocycles. The fraction of sp³-hybridized carbons (Fsp3) is 0.370. The standard InChI is InChI=1S/C28H33FN8O.C26H23FN6O2.C24H26FN7O.C22H22FN7O/c1-17(2)35-8-10-36(11-9-35)25-5-4-20(15-32-25)38-28-33-24-14-21-22(12-18(29)13-23(21)31-3)26(24)27(34-28)37-7-6-19(30)16-37;1-29-20-7-12(27)6-15-14(20)9-21-23(15)25(33-10-17-18(11-33)24(17)28)32-26(31-21)35-13-2-3-19-16(8-13)22(34)4-5-30-19;1-11(2)22-28-7-13(8-29-22)33-24-30-19-6-14-15(4-12(25)5-18(14)27-3)20(19)23(31-24)32-9-16-17(10-32)21(16)26;1-25-16-7-12(23)6-15-14(16)8-17-19(15)20(30-10-18(24)22(11-30)3-4-22)29-21(28-17)31-13-2-5-26-27-9-13/h4-5,12-13,15,19,31H,1,6-11,14,16,30H2,2-3H3;2-3,5-8,17-18,24,29H,4,9-11,28H2,1H3;4-5,7-8,11,16-17,21,27H,6,9-10,26H2,1-3H3;2,5-7,9,18,25H,3-4,8,10-11,24H2,1H3/t19-;;;18-/m0..0/s1. The second-order valence-electron chi connectivity index (χ2n) is 37.8. The number of allylic oxidation sites excluding steroid dienone is 1. The fourth-order valence-corrected chi connectivity index (χ4v) is 21.3. The van der Waals surface area contributed by atoms with Gasteiger partial charge in [-0.3, -0.25) is 9.79 Å². The van der Waals surface area contributed by atoms with Crippen molar-refractivity contribution in [1.82, 2.24) is 69.9 Å². The first kappa shape index (κ1) is 87.9. The molecule has 0 radical (unpaired) electrons. The maximum Gasteiger partial charge on any atom is 0.324 e. The Labute approximate surface area is 787 Å². The van der Waals surface area contributed by atoms with Crippen LogP contribution in [0.4, 0.5) is 75.1 Å². The van der Waals surface area contributed by atoms with E-state index in [9.17, 15) is 22.4 Å². The van der Waals surface area contributed by atoms with Gasteiger partial charge in [-0.15, -0.1) is 0 Å². The zero-order valence-corrected chi connectivity index (χ0v) is 76.9. The molecular weight excluding hydrogens is 1750 g/mol. The highest BCUT2D eigenvalue weighted by Gasteiger charge is 2.57. The first-order chi connectivity index (χ1) is 66.4. The third-order valence-electron chi connectivity index (χ3n) is 28.9. The second-order valence-corrected chi connectivity index (χ2v) is 37.8. The van der Waals surface area contributed by atoms with Gasteiger partial charge >= 0.3 is 24.0 Å². The number of benzene rings is 5. The molecule has 7 aromatic heterocycles. The summed E-state index contributed by atoms with van der Waals surface area (Å²) in [5.74, 6) is 7.66. The Hall–Kier alpha value is -14.4. The normalized spacial score (nSPS) is 20.9. The number of pyridine rings is 1. The molecule has 25 rings (SSSR count). The molecule has 4 unspecified atom stereocenters. The molecule has 13 heterocycles. The number of hydrogen-bond donors (Lipinski definition) is 8. The molecule has 702 valence electrons. The number of nitrogens with one attached hydrogen (secondary N) is 4. The number of aliphatic imine (C=N–C) groups is 1. The number of fused-ring (bicyclic) bond motifs is 15.